The van der Waals surface area contributed by atoms with Gasteiger partial charge in [-0.15, -0.1) is 0 Å². The summed E-state index contributed by atoms with van der Waals surface area (Å²) in [5.74, 6) is -0.879. The van der Waals surface area contributed by atoms with Gasteiger partial charge in [0.25, 0.3) is 0 Å². The topological polar surface area (TPSA) is 108 Å². The molecule has 2 aromatic carbocycles. The minimum absolute atomic E-state index is 0.114. The van der Waals surface area contributed by atoms with E-state index in [2.05, 4.69) is 5.32 Å². The molecule has 3 rings (SSSR count). The number of halogens is 2. The zero-order valence-electron chi connectivity index (χ0n) is 15.4. The van der Waals surface area contributed by atoms with E-state index < -0.39 is 11.8 Å². The van der Waals surface area contributed by atoms with E-state index in [4.69, 9.17) is 33.1 Å². The van der Waals surface area contributed by atoms with Crippen molar-refractivity contribution in [2.45, 2.75) is 32.1 Å². The molecule has 7 nitrogen and oxygen atoms in total. The van der Waals surface area contributed by atoms with Gasteiger partial charge in [0.2, 0.25) is 0 Å². The number of benzene rings is 2. The lowest BCUT2D eigenvalue weighted by atomic mass is 9.97. The predicted octanol–water partition coefficient (Wildman–Crippen LogP) is 4.67. The van der Waals surface area contributed by atoms with Crippen LogP contribution in [0.1, 0.15) is 31.2 Å². The summed E-state index contributed by atoms with van der Waals surface area (Å²) in [6.07, 6.45) is 5.53. The first-order chi connectivity index (χ1) is 13.9. The van der Waals surface area contributed by atoms with Crippen molar-refractivity contribution < 1.29 is 24.6 Å². The molecule has 0 saturated heterocycles. The number of ether oxygens (including phenoxy) is 1. The van der Waals surface area contributed by atoms with Crippen LogP contribution in [0.15, 0.2) is 30.3 Å². The monoisotopic (exact) mass is 438 g/mol. The number of rotatable bonds is 5. The van der Waals surface area contributed by atoms with E-state index in [0.29, 0.717) is 11.7 Å². The maximum absolute atomic E-state index is 11.5. The summed E-state index contributed by atoms with van der Waals surface area (Å²) in [5, 5.41) is 21.1. The predicted molar refractivity (Wildman–Crippen MR) is 109 cm³/mol. The molecule has 154 valence electrons. The molecule has 1 saturated carbocycles. The third-order valence-electron chi connectivity index (χ3n) is 4.82. The maximum atomic E-state index is 11.5. The van der Waals surface area contributed by atoms with Gasteiger partial charge in [-0.3, -0.25) is 14.8 Å². The number of nitrogens with one attached hydrogen (secondary N) is 2. The Kier molecular flexibility index (Phi) is 6.84. The van der Waals surface area contributed by atoms with E-state index in [0.717, 1.165) is 24.8 Å². The minimum atomic E-state index is -1.23. The quantitative estimate of drug-likeness (QED) is 0.308. The molecule has 9 heteroatoms. The molecule has 29 heavy (non-hydrogen) atoms. The van der Waals surface area contributed by atoms with Crippen molar-refractivity contribution in [1.29, 1.82) is 0 Å². The number of aromatic hydroxyl groups is 1. The molecule has 1 aliphatic rings. The molecule has 0 spiro atoms. The van der Waals surface area contributed by atoms with Crippen LogP contribution in [0.3, 0.4) is 0 Å². The van der Waals surface area contributed by atoms with Gasteiger partial charge in [0, 0.05) is 5.69 Å². The highest BCUT2D eigenvalue weighted by atomic mass is 35.5. The zero-order chi connectivity index (χ0) is 21.0. The number of anilines is 1. The van der Waals surface area contributed by atoms with Crippen molar-refractivity contribution in [2.24, 2.45) is 5.92 Å². The second-order valence-corrected chi connectivity index (χ2v) is 7.73. The van der Waals surface area contributed by atoms with Gasteiger partial charge in [0.1, 0.15) is 11.5 Å². The van der Waals surface area contributed by atoms with Gasteiger partial charge in [-0.05, 0) is 48.2 Å². The summed E-state index contributed by atoms with van der Waals surface area (Å²) in [7, 11) is 0. The molecule has 4 N–H and O–H groups in total. The van der Waals surface area contributed by atoms with E-state index in [1.165, 1.54) is 30.5 Å². The van der Waals surface area contributed by atoms with Gasteiger partial charge in [-0.25, -0.2) is 5.48 Å². The lowest BCUT2D eigenvalue weighted by molar-refractivity contribution is -0.141. The number of carbonyl (C=O) groups excluding carboxylic acids is 2. The van der Waals surface area contributed by atoms with Gasteiger partial charge in [-0.1, -0.05) is 48.9 Å². The normalized spacial score (nSPS) is 13.9. The van der Waals surface area contributed by atoms with Crippen LogP contribution in [-0.4, -0.2) is 22.1 Å². The highest BCUT2D eigenvalue weighted by Crippen LogP contribution is 2.40. The second-order valence-electron chi connectivity index (χ2n) is 6.91. The van der Waals surface area contributed by atoms with Crippen molar-refractivity contribution in [3.8, 4) is 17.2 Å². The summed E-state index contributed by atoms with van der Waals surface area (Å²) >= 11 is 12.5. The summed E-state index contributed by atoms with van der Waals surface area (Å²) in [4.78, 5) is 22.6. The van der Waals surface area contributed by atoms with Gasteiger partial charge in [0.05, 0.1) is 10.0 Å². The van der Waals surface area contributed by atoms with Crippen molar-refractivity contribution in [1.82, 2.24) is 5.48 Å². The number of carbonyl (C=O) groups is 2. The van der Waals surface area contributed by atoms with E-state index in [9.17, 15) is 14.7 Å². The van der Waals surface area contributed by atoms with Crippen molar-refractivity contribution in [3.63, 3.8) is 0 Å². The lowest BCUT2D eigenvalue weighted by Gasteiger charge is -2.15. The molecule has 1 aliphatic carbocycles. The third-order valence-corrected chi connectivity index (χ3v) is 5.38. The largest absolute Gasteiger partial charge is 0.508 e. The molecular weight excluding hydrogens is 419 g/mol. The van der Waals surface area contributed by atoms with Gasteiger partial charge < -0.3 is 15.2 Å². The first-order valence-electron chi connectivity index (χ1n) is 9.11. The van der Waals surface area contributed by atoms with E-state index in [1.807, 2.05) is 0 Å². The van der Waals surface area contributed by atoms with Gasteiger partial charge >= 0.3 is 11.8 Å². The molecule has 0 heterocycles. The van der Waals surface area contributed by atoms with Crippen LogP contribution in [0, 0.1) is 5.92 Å². The number of hydrogen-bond donors (Lipinski definition) is 4. The van der Waals surface area contributed by atoms with Crippen LogP contribution >= 0.6 is 23.2 Å². The molecule has 0 unspecified atom stereocenters. The number of hydrogen-bond acceptors (Lipinski definition) is 5. The summed E-state index contributed by atoms with van der Waals surface area (Å²) in [6, 6.07) is 7.68. The molecule has 0 bridgehead atoms. The lowest BCUT2D eigenvalue weighted by Crippen LogP contribution is -2.33. The first kappa shape index (κ1) is 21.2. The molecule has 2 aromatic rings. The SMILES string of the molecule is O=C(NO)C(=O)Nc1cc(Cl)c(Oc2ccc(O)c(CC3CCCC3)c2)c(Cl)c1. The Morgan fingerprint density at radius 1 is 1.07 bits per heavy atom. The molecular formula is C20H20Cl2N2O5. The van der Waals surface area contributed by atoms with Crippen LogP contribution in [0.25, 0.3) is 0 Å². The highest BCUT2D eigenvalue weighted by molar-refractivity contribution is 6.40. The first-order valence-corrected chi connectivity index (χ1v) is 9.87. The summed E-state index contributed by atoms with van der Waals surface area (Å²) in [5.41, 5.74) is 2.20. The summed E-state index contributed by atoms with van der Waals surface area (Å²) in [6.45, 7) is 0. The Labute approximate surface area is 177 Å². The van der Waals surface area contributed by atoms with Crippen molar-refractivity contribution in [2.75, 3.05) is 5.32 Å². The highest BCUT2D eigenvalue weighted by Gasteiger charge is 2.19. The van der Waals surface area contributed by atoms with Crippen molar-refractivity contribution >= 4 is 40.7 Å². The third kappa shape index (κ3) is 5.32. The van der Waals surface area contributed by atoms with Crippen LogP contribution in [0.5, 0.6) is 17.2 Å². The number of phenolic OH excluding ortho intramolecular Hbond substituents is 1. The average molecular weight is 439 g/mol. The Bertz CT molecular complexity index is 906. The van der Waals surface area contributed by atoms with Crippen LogP contribution in [0.4, 0.5) is 5.69 Å². The summed E-state index contributed by atoms with van der Waals surface area (Å²) < 4.78 is 5.82. The standard InChI is InChI=1S/C20H20Cl2N2O5/c21-15-9-13(23-19(26)20(27)24-28)10-16(22)18(15)29-14-5-6-17(25)12(8-14)7-11-3-1-2-4-11/h5-6,8-11,25,28H,1-4,7H2,(H,23,26)(H,24,27). The van der Waals surface area contributed by atoms with E-state index in [1.54, 1.807) is 18.2 Å². The fourth-order valence-corrected chi connectivity index (χ4v) is 3.96. The molecule has 0 atom stereocenters. The minimum Gasteiger partial charge on any atom is -0.508 e. The maximum Gasteiger partial charge on any atom is 0.332 e. The Morgan fingerprint density at radius 2 is 1.72 bits per heavy atom. The van der Waals surface area contributed by atoms with E-state index in [-0.39, 0.29) is 27.2 Å². The second kappa shape index (κ2) is 9.35. The van der Waals surface area contributed by atoms with Crippen LogP contribution < -0.4 is 15.5 Å². The Hall–Kier alpha value is -2.48. The average Bonchev–Trinajstić information content (AvgIpc) is 3.19. The number of phenols is 1. The van der Waals surface area contributed by atoms with Crippen LogP contribution in [0.2, 0.25) is 10.0 Å². The van der Waals surface area contributed by atoms with Gasteiger partial charge in [0.15, 0.2) is 5.75 Å². The molecule has 0 radical (unpaired) electrons. The molecule has 0 aromatic heterocycles. The van der Waals surface area contributed by atoms with Gasteiger partial charge in [-0.2, -0.15) is 0 Å². The Balaban J connectivity index is 1.77. The molecule has 1 fully saturated rings. The molecule has 2 amide bonds. The van der Waals surface area contributed by atoms with E-state index >= 15 is 0 Å². The Morgan fingerprint density at radius 3 is 2.34 bits per heavy atom. The fourth-order valence-electron chi connectivity index (χ4n) is 3.40. The smallest absolute Gasteiger partial charge is 0.332 e. The van der Waals surface area contributed by atoms with Crippen molar-refractivity contribution in [3.05, 3.63) is 45.9 Å². The number of hydroxylamine groups is 1. The molecule has 0 aliphatic heterocycles. The zero-order valence-corrected chi connectivity index (χ0v) is 16.9. The number of amides is 2. The fraction of sp³-hybridized carbons (Fsp3) is 0.300. The van der Waals surface area contributed by atoms with Crippen LogP contribution in [-0.2, 0) is 16.0 Å².